The molecule has 2 aliphatic heterocycles. The number of methoxy groups -OCH3 is 2. The number of fused-ring (bicyclic) bond motifs is 1. The molecule has 1 aromatic rings. The number of hydrogen-bond donors (Lipinski definition) is 1. The molecular formula is C34H44N4O6. The molecule has 0 saturated carbocycles. The molecule has 2 unspecified atom stereocenters. The molecule has 0 bridgehead atoms. The standard InChI is InChI=1S/C34H44N4O6/c1-22(2)12-27(37-21-39)18-35-30-17-33(32(42-8)14-24(30)4)44-11-9-10-43-26(6)16-31-29(15-25(5)41-7)34(40)38-20-23(3)13-28(38)19-36-31/h14-19,21,27-28H,1,3,9-13,20H2,2,4-8H3,(H,37,39)/b25-15+,26-16+,35-18?. The van der Waals surface area contributed by atoms with Crippen molar-refractivity contribution in [2.45, 2.75) is 59.0 Å². The Hall–Kier alpha value is -4.60. The lowest BCUT2D eigenvalue weighted by Crippen LogP contribution is -2.36. The number of nitrogens with one attached hydrogen (secondary N) is 1. The third-order valence-corrected chi connectivity index (χ3v) is 7.06. The zero-order valence-corrected chi connectivity index (χ0v) is 26.6. The fraction of sp³-hybridized carbons (Fsp3) is 0.412. The summed E-state index contributed by atoms with van der Waals surface area (Å²) < 4.78 is 22.8. The van der Waals surface area contributed by atoms with Crippen molar-refractivity contribution in [3.8, 4) is 11.5 Å². The van der Waals surface area contributed by atoms with E-state index in [0.29, 0.717) is 85.4 Å². The van der Waals surface area contributed by atoms with Crippen molar-refractivity contribution in [3.05, 3.63) is 76.9 Å². The van der Waals surface area contributed by atoms with Crippen LogP contribution in [-0.2, 0) is 19.1 Å². The predicted molar refractivity (Wildman–Crippen MR) is 174 cm³/mol. The summed E-state index contributed by atoms with van der Waals surface area (Å²) >= 11 is 0. The van der Waals surface area contributed by atoms with E-state index in [1.54, 1.807) is 50.6 Å². The highest BCUT2D eigenvalue weighted by molar-refractivity contribution is 6.01. The van der Waals surface area contributed by atoms with Gasteiger partial charge in [-0.2, -0.15) is 0 Å². The van der Waals surface area contributed by atoms with Gasteiger partial charge in [-0.15, -0.1) is 6.58 Å². The highest BCUT2D eigenvalue weighted by atomic mass is 16.5. The van der Waals surface area contributed by atoms with E-state index >= 15 is 0 Å². The summed E-state index contributed by atoms with van der Waals surface area (Å²) in [4.78, 5) is 35.4. The molecule has 1 N–H and O–H groups in total. The molecule has 0 spiro atoms. The topological polar surface area (TPSA) is 111 Å². The molecule has 10 nitrogen and oxygen atoms in total. The summed E-state index contributed by atoms with van der Waals surface area (Å²) in [5, 5.41) is 2.75. The maximum Gasteiger partial charge on any atom is 0.257 e. The van der Waals surface area contributed by atoms with Crippen LogP contribution in [0.2, 0.25) is 0 Å². The molecule has 0 radical (unpaired) electrons. The van der Waals surface area contributed by atoms with Crippen LogP contribution in [-0.4, -0.2) is 75.7 Å². The number of carbonyl (C=O) groups excluding carboxylic acids is 2. The summed E-state index contributed by atoms with van der Waals surface area (Å²) in [5.74, 6) is 2.27. The summed E-state index contributed by atoms with van der Waals surface area (Å²) in [6, 6.07) is 3.32. The third-order valence-electron chi connectivity index (χ3n) is 7.06. The molecule has 44 heavy (non-hydrogen) atoms. The van der Waals surface area contributed by atoms with E-state index in [-0.39, 0.29) is 18.0 Å². The minimum atomic E-state index is -0.255. The molecule has 0 aliphatic carbocycles. The van der Waals surface area contributed by atoms with Gasteiger partial charge in [0.15, 0.2) is 11.5 Å². The van der Waals surface area contributed by atoms with Crippen molar-refractivity contribution in [1.82, 2.24) is 10.2 Å². The first-order valence-electron chi connectivity index (χ1n) is 14.5. The van der Waals surface area contributed by atoms with Crippen molar-refractivity contribution >= 4 is 30.4 Å². The van der Waals surface area contributed by atoms with Gasteiger partial charge in [-0.3, -0.25) is 19.6 Å². The third kappa shape index (κ3) is 9.45. The van der Waals surface area contributed by atoms with E-state index < -0.39 is 0 Å². The lowest BCUT2D eigenvalue weighted by molar-refractivity contribution is -0.126. The molecule has 2 atom stereocenters. The smallest absolute Gasteiger partial charge is 0.257 e. The Kier molecular flexibility index (Phi) is 12.6. The minimum Gasteiger partial charge on any atom is -0.501 e. The molecule has 10 heteroatoms. The van der Waals surface area contributed by atoms with Gasteiger partial charge in [0.2, 0.25) is 6.41 Å². The van der Waals surface area contributed by atoms with E-state index in [1.807, 2.05) is 32.9 Å². The lowest BCUT2D eigenvalue weighted by atomic mass is 10.1. The summed E-state index contributed by atoms with van der Waals surface area (Å²) in [6.45, 7) is 16.7. The normalized spacial score (nSPS) is 17.9. The first-order chi connectivity index (χ1) is 21.1. The Bertz CT molecular complexity index is 1400. The Morgan fingerprint density at radius 1 is 1.18 bits per heavy atom. The summed E-state index contributed by atoms with van der Waals surface area (Å²) in [7, 11) is 3.16. The number of ether oxygens (including phenoxy) is 4. The van der Waals surface area contributed by atoms with Gasteiger partial charge >= 0.3 is 0 Å². The van der Waals surface area contributed by atoms with Crippen LogP contribution in [0.1, 0.15) is 45.6 Å². The molecule has 2 aliphatic rings. The molecule has 2 amide bonds. The van der Waals surface area contributed by atoms with Gasteiger partial charge in [-0.25, -0.2) is 0 Å². The number of benzene rings is 1. The van der Waals surface area contributed by atoms with Crippen molar-refractivity contribution in [3.63, 3.8) is 0 Å². The van der Waals surface area contributed by atoms with E-state index in [1.165, 1.54) is 0 Å². The Morgan fingerprint density at radius 2 is 1.95 bits per heavy atom. The van der Waals surface area contributed by atoms with Gasteiger partial charge in [0.1, 0.15) is 0 Å². The first-order valence-corrected chi connectivity index (χ1v) is 14.5. The summed E-state index contributed by atoms with van der Waals surface area (Å²) in [6.07, 6.45) is 9.54. The fourth-order valence-electron chi connectivity index (χ4n) is 4.76. The molecule has 236 valence electrons. The number of allylic oxidation sites excluding steroid dienone is 3. The van der Waals surface area contributed by atoms with Crippen LogP contribution in [0.25, 0.3) is 0 Å². The van der Waals surface area contributed by atoms with Crippen LogP contribution < -0.4 is 14.8 Å². The van der Waals surface area contributed by atoms with Gasteiger partial charge < -0.3 is 29.2 Å². The van der Waals surface area contributed by atoms with E-state index in [9.17, 15) is 9.59 Å². The maximum atomic E-state index is 13.4. The zero-order valence-electron chi connectivity index (χ0n) is 26.6. The molecule has 3 rings (SSSR count). The van der Waals surface area contributed by atoms with Crippen LogP contribution in [0, 0.1) is 6.92 Å². The monoisotopic (exact) mass is 604 g/mol. The Labute approximate surface area is 260 Å². The maximum absolute atomic E-state index is 13.4. The molecule has 1 saturated heterocycles. The van der Waals surface area contributed by atoms with Crippen molar-refractivity contribution in [1.29, 1.82) is 0 Å². The van der Waals surface area contributed by atoms with Crippen molar-refractivity contribution in [2.75, 3.05) is 34.0 Å². The lowest BCUT2D eigenvalue weighted by Gasteiger charge is -2.20. The van der Waals surface area contributed by atoms with E-state index in [2.05, 4.69) is 28.5 Å². The number of rotatable bonds is 16. The number of hydrogen-bond acceptors (Lipinski definition) is 8. The molecule has 1 aromatic carbocycles. The predicted octanol–water partition coefficient (Wildman–Crippen LogP) is 5.52. The zero-order chi connectivity index (χ0) is 32.2. The number of amides is 2. The van der Waals surface area contributed by atoms with Gasteiger partial charge in [0.25, 0.3) is 5.91 Å². The van der Waals surface area contributed by atoms with Gasteiger partial charge in [-0.1, -0.05) is 17.7 Å². The van der Waals surface area contributed by atoms with Crippen LogP contribution in [0.15, 0.2) is 81.4 Å². The molecule has 1 fully saturated rings. The average Bonchev–Trinajstić information content (AvgIpc) is 3.32. The quantitative estimate of drug-likeness (QED) is 0.0875. The fourth-order valence-corrected chi connectivity index (χ4v) is 4.76. The number of aryl methyl sites for hydroxylation is 1. The summed E-state index contributed by atoms with van der Waals surface area (Å²) in [5.41, 5.74) is 4.53. The molecular weight excluding hydrogens is 560 g/mol. The highest BCUT2D eigenvalue weighted by Gasteiger charge is 2.34. The minimum absolute atomic E-state index is 0.110. The van der Waals surface area contributed by atoms with Gasteiger partial charge in [-0.05, 0) is 58.2 Å². The Balaban J connectivity index is 1.66. The second-order valence-corrected chi connectivity index (χ2v) is 10.9. The first kappa shape index (κ1) is 33.9. The number of aliphatic imine (C=N–C) groups is 2. The number of carbonyl (C=O) groups is 2. The largest absolute Gasteiger partial charge is 0.501 e. The Morgan fingerprint density at radius 3 is 2.64 bits per heavy atom. The average molecular weight is 605 g/mol. The van der Waals surface area contributed by atoms with Gasteiger partial charge in [0.05, 0.1) is 68.0 Å². The second-order valence-electron chi connectivity index (χ2n) is 10.9. The molecule has 0 aromatic heterocycles. The van der Waals surface area contributed by atoms with Crippen LogP contribution >= 0.6 is 0 Å². The van der Waals surface area contributed by atoms with Crippen molar-refractivity contribution in [2.24, 2.45) is 9.98 Å². The molecule has 2 heterocycles. The van der Waals surface area contributed by atoms with Crippen LogP contribution in [0.3, 0.4) is 0 Å². The van der Waals surface area contributed by atoms with Gasteiger partial charge in [0, 0.05) is 37.5 Å². The second kappa shape index (κ2) is 16.3. The van der Waals surface area contributed by atoms with E-state index in [4.69, 9.17) is 18.9 Å². The number of nitrogens with zero attached hydrogens (tertiary/aromatic N) is 3. The highest BCUT2D eigenvalue weighted by Crippen LogP contribution is 2.35. The van der Waals surface area contributed by atoms with E-state index in [0.717, 1.165) is 16.7 Å². The van der Waals surface area contributed by atoms with Crippen molar-refractivity contribution < 1.29 is 28.5 Å². The van der Waals surface area contributed by atoms with Crippen LogP contribution in [0.5, 0.6) is 11.5 Å². The van der Waals surface area contributed by atoms with Crippen LogP contribution in [0.4, 0.5) is 5.69 Å². The SMILES string of the molecule is C=C(C)CC(C=Nc1cc(OCCCO/C(C)=C/C2=C(/C=C(\C)OC)C(=O)N3CC(=C)CC3C=N2)c(OC)cc1C)NC=O.